The number of nitrogens with zero attached hydrogens (tertiary/aromatic N) is 1. The molecule has 2 aromatic carbocycles. The minimum Gasteiger partial charge on any atom is -0.444 e. The number of aliphatic hydroxyl groups is 1. The van der Waals surface area contributed by atoms with Crippen LogP contribution in [0.4, 0.5) is 4.79 Å². The van der Waals surface area contributed by atoms with Gasteiger partial charge in [-0.05, 0) is 62.8 Å². The van der Waals surface area contributed by atoms with Crippen LogP contribution in [0.2, 0.25) is 0 Å². The van der Waals surface area contributed by atoms with E-state index in [1.165, 1.54) is 0 Å². The summed E-state index contributed by atoms with van der Waals surface area (Å²) < 4.78 is 5.37. The Kier molecular flexibility index (Phi) is 7.17. The maximum absolute atomic E-state index is 13.9. The van der Waals surface area contributed by atoms with Gasteiger partial charge in [-0.1, -0.05) is 61.7 Å². The van der Waals surface area contributed by atoms with Crippen LogP contribution in [0.1, 0.15) is 77.2 Å². The Labute approximate surface area is 202 Å². The van der Waals surface area contributed by atoms with E-state index in [1.807, 2.05) is 49.9 Å². The molecule has 2 aromatic rings. The molecule has 2 N–H and O–H groups in total. The average Bonchev–Trinajstić information content (AvgIpc) is 2.78. The summed E-state index contributed by atoms with van der Waals surface area (Å²) in [7, 11) is 0. The van der Waals surface area contributed by atoms with Gasteiger partial charge in [-0.15, -0.1) is 0 Å². The molecule has 4 rings (SSSR count). The van der Waals surface area contributed by atoms with Crippen molar-refractivity contribution in [2.45, 2.75) is 88.9 Å². The lowest BCUT2D eigenvalue weighted by atomic mass is 9.71. The van der Waals surface area contributed by atoms with E-state index in [1.54, 1.807) is 0 Å². The van der Waals surface area contributed by atoms with Crippen LogP contribution >= 0.6 is 0 Å². The maximum atomic E-state index is 13.9. The summed E-state index contributed by atoms with van der Waals surface area (Å²) in [6.45, 7) is 6.64. The van der Waals surface area contributed by atoms with Crippen LogP contribution in [0.15, 0.2) is 42.5 Å². The van der Waals surface area contributed by atoms with Crippen molar-refractivity contribution < 1.29 is 19.4 Å². The van der Waals surface area contributed by atoms with Crippen LogP contribution in [-0.2, 0) is 9.53 Å². The third-order valence-corrected chi connectivity index (χ3v) is 7.14. The van der Waals surface area contributed by atoms with E-state index in [9.17, 15) is 14.7 Å². The van der Waals surface area contributed by atoms with Gasteiger partial charge in [0.05, 0.1) is 11.5 Å². The Morgan fingerprint density at radius 2 is 1.68 bits per heavy atom. The lowest BCUT2D eigenvalue weighted by Crippen LogP contribution is -2.52. The summed E-state index contributed by atoms with van der Waals surface area (Å²) in [6, 6.07) is 14.2. The zero-order valence-electron chi connectivity index (χ0n) is 20.7. The molecular formula is C28H38N2O4. The predicted octanol–water partition coefficient (Wildman–Crippen LogP) is 5.13. The summed E-state index contributed by atoms with van der Waals surface area (Å²) in [5.41, 5.74) is -0.672. The number of ether oxygens (including phenoxy) is 1. The van der Waals surface area contributed by atoms with E-state index in [2.05, 4.69) is 23.5 Å². The molecule has 1 aliphatic carbocycles. The number of nitrogens with one attached hydrogen (secondary N) is 1. The predicted molar refractivity (Wildman–Crippen MR) is 134 cm³/mol. The number of carbonyl (C=O) groups excluding carboxylic acids is 2. The van der Waals surface area contributed by atoms with Gasteiger partial charge < -0.3 is 20.1 Å². The van der Waals surface area contributed by atoms with Crippen molar-refractivity contribution in [1.82, 2.24) is 10.2 Å². The molecule has 0 radical (unpaired) electrons. The van der Waals surface area contributed by atoms with Crippen LogP contribution in [0.5, 0.6) is 0 Å². The topological polar surface area (TPSA) is 78.9 Å². The van der Waals surface area contributed by atoms with Gasteiger partial charge in [0.15, 0.2) is 0 Å². The number of rotatable bonds is 4. The smallest absolute Gasteiger partial charge is 0.407 e. The lowest BCUT2D eigenvalue weighted by Gasteiger charge is -2.42. The van der Waals surface area contributed by atoms with Crippen LogP contribution < -0.4 is 5.32 Å². The number of amides is 2. The molecule has 6 nitrogen and oxygen atoms in total. The van der Waals surface area contributed by atoms with Gasteiger partial charge in [-0.3, -0.25) is 4.79 Å². The van der Waals surface area contributed by atoms with Gasteiger partial charge in [-0.25, -0.2) is 4.79 Å². The van der Waals surface area contributed by atoms with Crippen molar-refractivity contribution in [1.29, 1.82) is 0 Å². The second-order valence-electron chi connectivity index (χ2n) is 10.9. The van der Waals surface area contributed by atoms with E-state index in [-0.39, 0.29) is 11.9 Å². The van der Waals surface area contributed by atoms with Crippen molar-refractivity contribution in [2.24, 2.45) is 0 Å². The summed E-state index contributed by atoms with van der Waals surface area (Å²) in [6.07, 6.45) is 5.21. The summed E-state index contributed by atoms with van der Waals surface area (Å²) >= 11 is 0. The quantitative estimate of drug-likeness (QED) is 0.654. The Morgan fingerprint density at radius 1 is 1.03 bits per heavy atom. The molecule has 1 aliphatic heterocycles. The average molecular weight is 467 g/mol. The molecule has 1 saturated heterocycles. The molecule has 1 heterocycles. The monoisotopic (exact) mass is 466 g/mol. The van der Waals surface area contributed by atoms with Gasteiger partial charge in [-0.2, -0.15) is 0 Å². The van der Waals surface area contributed by atoms with Gasteiger partial charge in [0.25, 0.3) is 0 Å². The fraction of sp³-hybridized carbons (Fsp3) is 0.571. The van der Waals surface area contributed by atoms with Crippen LogP contribution in [0, 0.1) is 0 Å². The molecule has 34 heavy (non-hydrogen) atoms. The van der Waals surface area contributed by atoms with Gasteiger partial charge >= 0.3 is 6.09 Å². The number of hydrogen-bond acceptors (Lipinski definition) is 4. The van der Waals surface area contributed by atoms with E-state index < -0.39 is 23.2 Å². The Hall–Kier alpha value is -2.60. The van der Waals surface area contributed by atoms with Crippen LogP contribution in [0.3, 0.4) is 0 Å². The highest BCUT2D eigenvalue weighted by Gasteiger charge is 2.45. The van der Waals surface area contributed by atoms with Crippen LogP contribution in [-0.4, -0.2) is 52.3 Å². The van der Waals surface area contributed by atoms with E-state index >= 15 is 0 Å². The zero-order valence-corrected chi connectivity index (χ0v) is 20.7. The molecule has 1 atom stereocenters. The highest BCUT2D eigenvalue weighted by atomic mass is 16.6. The Bertz CT molecular complexity index is 1010. The van der Waals surface area contributed by atoms with E-state index in [4.69, 9.17) is 4.74 Å². The lowest BCUT2D eigenvalue weighted by molar-refractivity contribution is -0.142. The fourth-order valence-corrected chi connectivity index (χ4v) is 5.42. The number of benzene rings is 2. The minimum atomic E-state index is -1.02. The first-order chi connectivity index (χ1) is 16.1. The summed E-state index contributed by atoms with van der Waals surface area (Å²) in [5, 5.41) is 16.9. The third kappa shape index (κ3) is 5.72. The molecule has 184 valence electrons. The SMILES string of the molecule is CC(C)(C)OC(=O)NC1CCN(C(=O)C(c2ccc3ccccc3c2)C2(O)CCCCC2)CC1. The fourth-order valence-electron chi connectivity index (χ4n) is 5.42. The normalized spacial score (nSPS) is 20.1. The number of carbonyl (C=O) groups is 2. The minimum absolute atomic E-state index is 0.00426. The van der Waals surface area contributed by atoms with Crippen molar-refractivity contribution in [3.63, 3.8) is 0 Å². The molecule has 0 spiro atoms. The van der Waals surface area contributed by atoms with Crippen molar-refractivity contribution in [3.8, 4) is 0 Å². The molecule has 0 bridgehead atoms. The second-order valence-corrected chi connectivity index (χ2v) is 10.9. The number of piperidine rings is 1. The standard InChI is InChI=1S/C28H38N2O4/c1-27(2,3)34-26(32)29-23-13-17-30(18-14-23)25(31)24(28(33)15-7-4-8-16-28)22-12-11-20-9-5-6-10-21(20)19-22/h5-6,9-12,19,23-24,33H,4,7-8,13-18H2,1-3H3,(H,29,32). The van der Waals surface area contributed by atoms with E-state index in [0.29, 0.717) is 38.8 Å². The molecule has 2 amide bonds. The molecule has 1 saturated carbocycles. The summed E-state index contributed by atoms with van der Waals surface area (Å²) in [4.78, 5) is 27.9. The Morgan fingerprint density at radius 3 is 2.32 bits per heavy atom. The van der Waals surface area contributed by atoms with E-state index in [0.717, 1.165) is 35.6 Å². The first-order valence-corrected chi connectivity index (χ1v) is 12.6. The highest BCUT2D eigenvalue weighted by molar-refractivity contribution is 5.89. The Balaban J connectivity index is 1.50. The number of hydrogen-bond donors (Lipinski definition) is 2. The van der Waals surface area contributed by atoms with Crippen molar-refractivity contribution in [2.75, 3.05) is 13.1 Å². The number of alkyl carbamates (subject to hydrolysis) is 1. The second kappa shape index (κ2) is 9.95. The van der Waals surface area contributed by atoms with Crippen LogP contribution in [0.25, 0.3) is 10.8 Å². The van der Waals surface area contributed by atoms with Gasteiger partial charge in [0, 0.05) is 19.1 Å². The van der Waals surface area contributed by atoms with Crippen molar-refractivity contribution in [3.05, 3.63) is 48.0 Å². The van der Waals surface area contributed by atoms with Crippen molar-refractivity contribution >= 4 is 22.8 Å². The molecule has 2 aliphatic rings. The molecule has 1 unspecified atom stereocenters. The summed E-state index contributed by atoms with van der Waals surface area (Å²) in [5.74, 6) is -0.580. The molecule has 6 heteroatoms. The molecular weight excluding hydrogens is 428 g/mol. The van der Waals surface area contributed by atoms with Gasteiger partial charge in [0.1, 0.15) is 5.60 Å². The number of fused-ring (bicyclic) bond motifs is 1. The molecule has 2 fully saturated rings. The highest BCUT2D eigenvalue weighted by Crippen LogP contribution is 2.42. The maximum Gasteiger partial charge on any atom is 0.407 e. The third-order valence-electron chi connectivity index (χ3n) is 7.14. The first-order valence-electron chi connectivity index (χ1n) is 12.6. The largest absolute Gasteiger partial charge is 0.444 e. The van der Waals surface area contributed by atoms with Gasteiger partial charge in [0.2, 0.25) is 5.91 Å². The number of likely N-dealkylation sites (tertiary alicyclic amines) is 1. The zero-order chi connectivity index (χ0) is 24.3. The molecule has 0 aromatic heterocycles. The first kappa shape index (κ1) is 24.5.